The second-order valence-corrected chi connectivity index (χ2v) is 8.33. The van der Waals surface area contributed by atoms with Crippen LogP contribution in [0.3, 0.4) is 0 Å². The van der Waals surface area contributed by atoms with Gasteiger partial charge in [0.2, 0.25) is 5.88 Å². The summed E-state index contributed by atoms with van der Waals surface area (Å²) in [5.41, 5.74) is -2.41. The monoisotopic (exact) mass is 466 g/mol. The molecule has 1 aromatic rings. The SMILES string of the molecule is CCOC(=O)CNC(=O)c1c(O)n(C2CCCCC2)c(=O)n(C2CCCN(C(=O)O)C2)c1=O. The molecule has 12 heteroatoms. The Morgan fingerprint density at radius 1 is 1.03 bits per heavy atom. The molecule has 0 aromatic carbocycles. The summed E-state index contributed by atoms with van der Waals surface area (Å²) in [6.45, 7) is 1.41. The number of rotatable bonds is 6. The zero-order valence-corrected chi connectivity index (χ0v) is 18.6. The van der Waals surface area contributed by atoms with Gasteiger partial charge in [0.25, 0.3) is 11.5 Å². The predicted molar refractivity (Wildman–Crippen MR) is 116 cm³/mol. The number of likely N-dealkylation sites (tertiary alicyclic amines) is 1. The van der Waals surface area contributed by atoms with Crippen molar-refractivity contribution in [2.24, 2.45) is 0 Å². The highest BCUT2D eigenvalue weighted by Gasteiger charge is 2.33. The van der Waals surface area contributed by atoms with E-state index in [1.165, 1.54) is 0 Å². The molecule has 0 spiro atoms. The molecule has 3 rings (SSSR count). The van der Waals surface area contributed by atoms with Crippen molar-refractivity contribution >= 4 is 18.0 Å². The van der Waals surface area contributed by atoms with Gasteiger partial charge in [-0.25, -0.2) is 9.59 Å². The van der Waals surface area contributed by atoms with E-state index in [4.69, 9.17) is 4.74 Å². The number of nitrogens with one attached hydrogen (secondary N) is 1. The summed E-state index contributed by atoms with van der Waals surface area (Å²) in [6.07, 6.45) is 3.49. The number of hydrogen-bond donors (Lipinski definition) is 3. The Kier molecular flexibility index (Phi) is 7.77. The molecule has 182 valence electrons. The number of hydrogen-bond acceptors (Lipinski definition) is 7. The fourth-order valence-electron chi connectivity index (χ4n) is 4.61. The highest BCUT2D eigenvalue weighted by atomic mass is 16.5. The van der Waals surface area contributed by atoms with Crippen LogP contribution in [0.1, 0.15) is 74.3 Å². The van der Waals surface area contributed by atoms with E-state index >= 15 is 0 Å². The third-order valence-electron chi connectivity index (χ3n) is 6.19. The summed E-state index contributed by atoms with van der Waals surface area (Å²) in [6, 6.07) is -1.17. The first-order valence-electron chi connectivity index (χ1n) is 11.3. The van der Waals surface area contributed by atoms with E-state index in [2.05, 4.69) is 5.32 Å². The summed E-state index contributed by atoms with van der Waals surface area (Å²) < 4.78 is 6.74. The van der Waals surface area contributed by atoms with Crippen molar-refractivity contribution < 1.29 is 29.3 Å². The molecule has 2 aliphatic rings. The Balaban J connectivity index is 2.08. The number of aromatic hydroxyl groups is 1. The number of piperidine rings is 1. The molecule has 0 bridgehead atoms. The quantitative estimate of drug-likeness (QED) is 0.520. The average molecular weight is 466 g/mol. The summed E-state index contributed by atoms with van der Waals surface area (Å²) >= 11 is 0. The molecule has 1 saturated carbocycles. The zero-order valence-electron chi connectivity index (χ0n) is 18.6. The van der Waals surface area contributed by atoms with E-state index in [1.54, 1.807) is 6.92 Å². The lowest BCUT2D eigenvalue weighted by molar-refractivity contribution is -0.141. The smallest absolute Gasteiger partial charge is 0.407 e. The van der Waals surface area contributed by atoms with Crippen molar-refractivity contribution in [3.8, 4) is 5.88 Å². The maximum Gasteiger partial charge on any atom is 0.407 e. The van der Waals surface area contributed by atoms with Gasteiger partial charge in [0.1, 0.15) is 6.54 Å². The van der Waals surface area contributed by atoms with E-state index in [9.17, 15) is 34.2 Å². The van der Waals surface area contributed by atoms with Gasteiger partial charge in [0.15, 0.2) is 5.56 Å². The number of ether oxygens (including phenoxy) is 1. The van der Waals surface area contributed by atoms with Crippen molar-refractivity contribution in [2.45, 2.75) is 64.0 Å². The summed E-state index contributed by atoms with van der Waals surface area (Å²) in [7, 11) is 0. The number of carbonyl (C=O) groups is 3. The van der Waals surface area contributed by atoms with Crippen LogP contribution in [0.4, 0.5) is 4.79 Å². The Bertz CT molecular complexity index is 1020. The Labute approximate surface area is 189 Å². The van der Waals surface area contributed by atoms with Crippen LogP contribution in [0.2, 0.25) is 0 Å². The third kappa shape index (κ3) is 5.20. The maximum atomic E-state index is 13.4. The summed E-state index contributed by atoms with van der Waals surface area (Å²) in [4.78, 5) is 63.7. The Hall–Kier alpha value is -3.31. The van der Waals surface area contributed by atoms with Crippen molar-refractivity contribution in [3.63, 3.8) is 0 Å². The van der Waals surface area contributed by atoms with Crippen LogP contribution in [-0.2, 0) is 9.53 Å². The molecule has 1 saturated heterocycles. The number of esters is 1. The van der Waals surface area contributed by atoms with Gasteiger partial charge in [0.05, 0.1) is 12.6 Å². The minimum Gasteiger partial charge on any atom is -0.494 e. The van der Waals surface area contributed by atoms with Crippen molar-refractivity contribution in [1.82, 2.24) is 19.4 Å². The number of aromatic nitrogens is 2. The maximum absolute atomic E-state index is 13.4. The van der Waals surface area contributed by atoms with Gasteiger partial charge < -0.3 is 25.2 Å². The lowest BCUT2D eigenvalue weighted by Crippen LogP contribution is -2.51. The molecule has 1 aliphatic carbocycles. The summed E-state index contributed by atoms with van der Waals surface area (Å²) in [5, 5.41) is 22.5. The van der Waals surface area contributed by atoms with Crippen molar-refractivity contribution in [2.75, 3.05) is 26.2 Å². The topological polar surface area (TPSA) is 160 Å². The summed E-state index contributed by atoms with van der Waals surface area (Å²) in [5.74, 6) is -2.45. The molecule has 12 nitrogen and oxygen atoms in total. The zero-order chi connectivity index (χ0) is 24.1. The molecule has 1 atom stereocenters. The number of carboxylic acid groups (broad SMARTS) is 1. The fourth-order valence-corrected chi connectivity index (χ4v) is 4.61. The van der Waals surface area contributed by atoms with Gasteiger partial charge >= 0.3 is 17.8 Å². The van der Waals surface area contributed by atoms with Crippen LogP contribution >= 0.6 is 0 Å². The van der Waals surface area contributed by atoms with Gasteiger partial charge in [-0.3, -0.25) is 23.5 Å². The molecule has 0 radical (unpaired) electrons. The Morgan fingerprint density at radius 3 is 2.33 bits per heavy atom. The minimum atomic E-state index is -1.16. The molecule has 3 N–H and O–H groups in total. The normalized spacial score (nSPS) is 19.2. The average Bonchev–Trinajstić information content (AvgIpc) is 2.79. The molecule has 1 unspecified atom stereocenters. The van der Waals surface area contributed by atoms with E-state index in [1.807, 2.05) is 0 Å². The first-order valence-corrected chi connectivity index (χ1v) is 11.3. The third-order valence-corrected chi connectivity index (χ3v) is 6.19. The van der Waals surface area contributed by atoms with Gasteiger partial charge in [-0.05, 0) is 32.6 Å². The molecule has 2 fully saturated rings. The number of carbonyl (C=O) groups excluding carboxylic acids is 2. The lowest BCUT2D eigenvalue weighted by atomic mass is 9.95. The molecule has 2 heterocycles. The first-order chi connectivity index (χ1) is 15.8. The molecule has 1 aliphatic heterocycles. The second-order valence-electron chi connectivity index (χ2n) is 8.33. The largest absolute Gasteiger partial charge is 0.494 e. The van der Waals surface area contributed by atoms with E-state index in [-0.39, 0.29) is 19.7 Å². The number of nitrogens with zero attached hydrogens (tertiary/aromatic N) is 3. The van der Waals surface area contributed by atoms with Crippen molar-refractivity contribution in [3.05, 3.63) is 26.4 Å². The molecule has 1 aromatic heterocycles. The van der Waals surface area contributed by atoms with Crippen LogP contribution in [0.25, 0.3) is 0 Å². The van der Waals surface area contributed by atoms with Gasteiger partial charge in [-0.2, -0.15) is 0 Å². The van der Waals surface area contributed by atoms with E-state index in [0.717, 1.165) is 33.3 Å². The molecule has 33 heavy (non-hydrogen) atoms. The van der Waals surface area contributed by atoms with Gasteiger partial charge in [-0.1, -0.05) is 19.3 Å². The Morgan fingerprint density at radius 2 is 1.70 bits per heavy atom. The van der Waals surface area contributed by atoms with Crippen LogP contribution in [0.15, 0.2) is 9.59 Å². The lowest BCUT2D eigenvalue weighted by Gasteiger charge is -2.33. The van der Waals surface area contributed by atoms with Gasteiger partial charge in [0, 0.05) is 19.1 Å². The van der Waals surface area contributed by atoms with Crippen LogP contribution in [0.5, 0.6) is 5.88 Å². The molecule has 2 amide bonds. The molecular weight excluding hydrogens is 436 g/mol. The minimum absolute atomic E-state index is 0.0796. The standard InChI is InChI=1S/C21H30N4O8/c1-2-33-15(26)11-22-17(27)16-18(28)24(13-7-4-3-5-8-13)20(30)25(19(16)29)14-9-6-10-23(12-14)21(31)32/h13-14,28H,2-12H2,1H3,(H,22,27)(H,31,32). The van der Waals surface area contributed by atoms with Crippen molar-refractivity contribution in [1.29, 1.82) is 0 Å². The van der Waals surface area contributed by atoms with Crippen LogP contribution in [0, 0.1) is 0 Å². The first kappa shape index (κ1) is 24.3. The second kappa shape index (κ2) is 10.5. The van der Waals surface area contributed by atoms with Gasteiger partial charge in [-0.15, -0.1) is 0 Å². The molecular formula is C21H30N4O8. The van der Waals surface area contributed by atoms with Crippen LogP contribution in [-0.4, -0.2) is 68.5 Å². The highest BCUT2D eigenvalue weighted by molar-refractivity contribution is 5.97. The number of amides is 2. The highest BCUT2D eigenvalue weighted by Crippen LogP contribution is 2.31. The fraction of sp³-hybridized carbons (Fsp3) is 0.667. The van der Waals surface area contributed by atoms with Crippen LogP contribution < -0.4 is 16.6 Å². The predicted octanol–water partition coefficient (Wildman–Crippen LogP) is 0.829. The van der Waals surface area contributed by atoms with E-state index in [0.29, 0.717) is 25.7 Å². The van der Waals surface area contributed by atoms with E-state index < -0.39 is 59.3 Å².